The van der Waals surface area contributed by atoms with Crippen LogP contribution < -0.4 is 0 Å². The molecule has 1 fully saturated rings. The number of piperidine rings is 1. The second kappa shape index (κ2) is 7.13. The second-order valence-corrected chi connectivity index (χ2v) is 6.47. The summed E-state index contributed by atoms with van der Waals surface area (Å²) in [6.07, 6.45) is 1.95. The van der Waals surface area contributed by atoms with Crippen molar-refractivity contribution in [1.29, 1.82) is 0 Å². The summed E-state index contributed by atoms with van der Waals surface area (Å²) in [7, 11) is 1.82. The van der Waals surface area contributed by atoms with Gasteiger partial charge < -0.3 is 4.90 Å². The Kier molecular flexibility index (Phi) is 4.94. The number of aryl methyl sites for hydroxylation is 1. The highest BCUT2D eigenvalue weighted by Crippen LogP contribution is 2.19. The highest BCUT2D eigenvalue weighted by Gasteiger charge is 2.28. The molecule has 1 aliphatic rings. The summed E-state index contributed by atoms with van der Waals surface area (Å²) >= 11 is 0. The van der Waals surface area contributed by atoms with Gasteiger partial charge in [-0.3, -0.25) is 14.8 Å². The summed E-state index contributed by atoms with van der Waals surface area (Å²) in [5.41, 5.74) is 2.02. The molecule has 1 aromatic heterocycles. The fourth-order valence-electron chi connectivity index (χ4n) is 3.23. The molecule has 2 heterocycles. The van der Waals surface area contributed by atoms with Crippen molar-refractivity contribution in [3.63, 3.8) is 0 Å². The van der Waals surface area contributed by atoms with E-state index >= 15 is 0 Å². The quantitative estimate of drug-likeness (QED) is 0.937. The van der Waals surface area contributed by atoms with Gasteiger partial charge in [0.25, 0.3) is 5.91 Å². The number of likely N-dealkylation sites (tertiary alicyclic amines) is 1. The molecule has 2 aromatic rings. The lowest BCUT2D eigenvalue weighted by molar-refractivity contribution is 0.0602. The number of halogens is 1. The Morgan fingerprint density at radius 1 is 1.46 bits per heavy atom. The molecule has 0 spiro atoms. The first-order chi connectivity index (χ1) is 11.5. The van der Waals surface area contributed by atoms with Crippen molar-refractivity contribution in [3.05, 3.63) is 53.1 Å². The first kappa shape index (κ1) is 16.6. The van der Waals surface area contributed by atoms with Gasteiger partial charge >= 0.3 is 0 Å². The van der Waals surface area contributed by atoms with E-state index in [0.717, 1.165) is 31.6 Å². The Balaban J connectivity index is 1.64. The van der Waals surface area contributed by atoms with Crippen LogP contribution in [0, 0.1) is 12.7 Å². The summed E-state index contributed by atoms with van der Waals surface area (Å²) in [6.45, 7) is 4.13. The number of amides is 1. The standard InChI is InChI=1S/C18H23FN4O/c1-13-10-17(21-20-13)18(24)22(2)15-7-5-9-23(12-15)11-14-6-3-4-8-16(14)19/h3-4,6,8,10,15H,5,7,9,11-12H2,1-2H3,(H,20,21). The molecule has 24 heavy (non-hydrogen) atoms. The number of nitrogens with zero attached hydrogens (tertiary/aromatic N) is 3. The van der Waals surface area contributed by atoms with Crippen molar-refractivity contribution in [1.82, 2.24) is 20.0 Å². The minimum Gasteiger partial charge on any atom is -0.336 e. The molecule has 6 heteroatoms. The molecule has 1 aromatic carbocycles. The molecule has 1 amide bonds. The molecule has 5 nitrogen and oxygen atoms in total. The topological polar surface area (TPSA) is 52.2 Å². The number of carbonyl (C=O) groups is 1. The molecule has 1 saturated heterocycles. The van der Waals surface area contributed by atoms with E-state index in [-0.39, 0.29) is 17.8 Å². The number of H-pyrrole nitrogens is 1. The highest BCUT2D eigenvalue weighted by atomic mass is 19.1. The van der Waals surface area contributed by atoms with Gasteiger partial charge in [-0.2, -0.15) is 5.10 Å². The molecule has 0 radical (unpaired) electrons. The minimum absolute atomic E-state index is 0.0721. The van der Waals surface area contributed by atoms with Crippen molar-refractivity contribution in [2.24, 2.45) is 0 Å². The Hall–Kier alpha value is -2.21. The molecule has 1 N–H and O–H groups in total. The van der Waals surface area contributed by atoms with Gasteiger partial charge in [-0.05, 0) is 38.4 Å². The number of aromatic amines is 1. The van der Waals surface area contributed by atoms with Crippen LogP contribution in [-0.4, -0.2) is 52.1 Å². The fourth-order valence-corrected chi connectivity index (χ4v) is 3.23. The molecule has 0 saturated carbocycles. The van der Waals surface area contributed by atoms with Crippen molar-refractivity contribution < 1.29 is 9.18 Å². The third-order valence-corrected chi connectivity index (χ3v) is 4.63. The zero-order valence-corrected chi connectivity index (χ0v) is 14.1. The SMILES string of the molecule is Cc1cc(C(=O)N(C)C2CCCN(Cc3ccccc3F)C2)n[nH]1. The maximum Gasteiger partial charge on any atom is 0.274 e. The third-order valence-electron chi connectivity index (χ3n) is 4.63. The van der Waals surface area contributed by atoms with E-state index in [0.29, 0.717) is 17.8 Å². The van der Waals surface area contributed by atoms with Crippen LogP contribution in [0.3, 0.4) is 0 Å². The zero-order valence-electron chi connectivity index (χ0n) is 14.1. The van der Waals surface area contributed by atoms with Crippen LogP contribution in [0.25, 0.3) is 0 Å². The summed E-state index contributed by atoms with van der Waals surface area (Å²) < 4.78 is 13.8. The zero-order chi connectivity index (χ0) is 17.1. The first-order valence-corrected chi connectivity index (χ1v) is 8.29. The second-order valence-electron chi connectivity index (χ2n) is 6.47. The van der Waals surface area contributed by atoms with Gasteiger partial charge in [0.2, 0.25) is 0 Å². The van der Waals surface area contributed by atoms with E-state index in [2.05, 4.69) is 15.1 Å². The van der Waals surface area contributed by atoms with E-state index in [9.17, 15) is 9.18 Å². The fraction of sp³-hybridized carbons (Fsp3) is 0.444. The van der Waals surface area contributed by atoms with Crippen molar-refractivity contribution in [3.8, 4) is 0 Å². The predicted octanol–water partition coefficient (Wildman–Crippen LogP) is 2.59. The van der Waals surface area contributed by atoms with Crippen LogP contribution in [0.4, 0.5) is 4.39 Å². The van der Waals surface area contributed by atoms with E-state index in [1.54, 1.807) is 17.0 Å². The molecule has 0 aliphatic carbocycles. The van der Waals surface area contributed by atoms with E-state index in [1.165, 1.54) is 6.07 Å². The maximum absolute atomic E-state index is 13.8. The molecule has 1 atom stereocenters. The van der Waals surface area contributed by atoms with Crippen molar-refractivity contribution in [2.75, 3.05) is 20.1 Å². The number of nitrogens with one attached hydrogen (secondary N) is 1. The lowest BCUT2D eigenvalue weighted by atomic mass is 10.0. The van der Waals surface area contributed by atoms with Gasteiger partial charge in [0.15, 0.2) is 0 Å². The monoisotopic (exact) mass is 330 g/mol. The Morgan fingerprint density at radius 2 is 2.25 bits per heavy atom. The van der Waals surface area contributed by atoms with Gasteiger partial charge in [0.05, 0.1) is 0 Å². The summed E-state index contributed by atoms with van der Waals surface area (Å²) in [5.74, 6) is -0.242. The summed E-state index contributed by atoms with van der Waals surface area (Å²) in [5, 5.41) is 6.86. The summed E-state index contributed by atoms with van der Waals surface area (Å²) in [4.78, 5) is 16.5. The smallest absolute Gasteiger partial charge is 0.274 e. The molecule has 1 unspecified atom stereocenters. The normalized spacial score (nSPS) is 18.5. The molecule has 128 valence electrons. The molecule has 0 bridgehead atoms. The molecule has 3 rings (SSSR count). The third kappa shape index (κ3) is 3.64. The Labute approximate surface area is 141 Å². The number of aromatic nitrogens is 2. The minimum atomic E-state index is -0.170. The van der Waals surface area contributed by atoms with E-state index < -0.39 is 0 Å². The van der Waals surface area contributed by atoms with Gasteiger partial charge in [0, 0.05) is 37.4 Å². The number of rotatable bonds is 4. The summed E-state index contributed by atoms with van der Waals surface area (Å²) in [6, 6.07) is 8.76. The largest absolute Gasteiger partial charge is 0.336 e. The molecular weight excluding hydrogens is 307 g/mol. The highest BCUT2D eigenvalue weighted by molar-refractivity contribution is 5.92. The van der Waals surface area contributed by atoms with Crippen molar-refractivity contribution in [2.45, 2.75) is 32.4 Å². The van der Waals surface area contributed by atoms with E-state index in [1.807, 2.05) is 26.1 Å². The molecule has 1 aliphatic heterocycles. The van der Waals surface area contributed by atoms with Gasteiger partial charge in [0.1, 0.15) is 11.5 Å². The van der Waals surface area contributed by atoms with Gasteiger partial charge in [-0.15, -0.1) is 0 Å². The Bertz CT molecular complexity index is 715. The van der Waals surface area contributed by atoms with Crippen LogP contribution in [0.1, 0.15) is 34.6 Å². The number of hydrogen-bond acceptors (Lipinski definition) is 3. The van der Waals surface area contributed by atoms with Crippen LogP contribution in [0.15, 0.2) is 30.3 Å². The lowest BCUT2D eigenvalue weighted by Crippen LogP contribution is -2.48. The lowest BCUT2D eigenvalue weighted by Gasteiger charge is -2.37. The number of likely N-dealkylation sites (N-methyl/N-ethyl adjacent to an activating group) is 1. The average Bonchev–Trinajstić information content (AvgIpc) is 3.02. The van der Waals surface area contributed by atoms with E-state index in [4.69, 9.17) is 0 Å². The number of carbonyl (C=O) groups excluding carboxylic acids is 1. The van der Waals surface area contributed by atoms with Crippen LogP contribution in [0.2, 0.25) is 0 Å². The van der Waals surface area contributed by atoms with Crippen molar-refractivity contribution >= 4 is 5.91 Å². The number of hydrogen-bond donors (Lipinski definition) is 1. The van der Waals surface area contributed by atoms with Crippen LogP contribution in [-0.2, 0) is 6.54 Å². The molecular formula is C18H23FN4O. The van der Waals surface area contributed by atoms with Crippen LogP contribution in [0.5, 0.6) is 0 Å². The first-order valence-electron chi connectivity index (χ1n) is 8.29. The predicted molar refractivity (Wildman–Crippen MR) is 90.1 cm³/mol. The van der Waals surface area contributed by atoms with Gasteiger partial charge in [-0.1, -0.05) is 18.2 Å². The maximum atomic E-state index is 13.8. The number of benzene rings is 1. The Morgan fingerprint density at radius 3 is 2.96 bits per heavy atom. The van der Waals surface area contributed by atoms with Crippen LogP contribution >= 0.6 is 0 Å². The average molecular weight is 330 g/mol. The van der Waals surface area contributed by atoms with Gasteiger partial charge in [-0.25, -0.2) is 4.39 Å².